The van der Waals surface area contributed by atoms with Gasteiger partial charge in [0.15, 0.2) is 0 Å². The fraction of sp³-hybridized carbons (Fsp3) is 0.700. The van der Waals surface area contributed by atoms with Gasteiger partial charge in [-0.15, -0.1) is 14.5 Å². The van der Waals surface area contributed by atoms with Gasteiger partial charge in [-0.1, -0.05) is 0 Å². The van der Waals surface area contributed by atoms with Crippen LogP contribution >= 0.6 is 0 Å². The Kier molecular flexibility index (Phi) is 3.97. The fourth-order valence-corrected chi connectivity index (χ4v) is 3.09. The number of carbonyl (C=O) groups excluding carboxylic acids is 1. The van der Waals surface area contributed by atoms with E-state index in [1.165, 1.54) is 4.90 Å². The summed E-state index contributed by atoms with van der Waals surface area (Å²) in [4.78, 5) is 13.5. The van der Waals surface area contributed by atoms with Gasteiger partial charge in [-0.05, 0) is 12.8 Å². The molecule has 2 bridgehead atoms. The van der Waals surface area contributed by atoms with Crippen molar-refractivity contribution in [2.24, 2.45) is 5.73 Å². The number of hydrogen-bond acceptors (Lipinski definition) is 9. The van der Waals surface area contributed by atoms with Gasteiger partial charge < -0.3 is 20.2 Å². The SMILES string of the molecule is NCC(O)c1nnc([C@@H]2CC[C@H]3CN2C(=O)N3OS(=O)(=O)O)o1. The third kappa shape index (κ3) is 3.00. The minimum Gasteiger partial charge on any atom is -0.420 e. The number of fused-ring (bicyclic) bond motifs is 2. The van der Waals surface area contributed by atoms with Gasteiger partial charge in [-0.2, -0.15) is 13.5 Å². The van der Waals surface area contributed by atoms with Gasteiger partial charge in [-0.25, -0.2) is 4.79 Å². The molecule has 2 saturated heterocycles. The summed E-state index contributed by atoms with van der Waals surface area (Å²) in [5, 5.41) is 17.7. The molecule has 1 aromatic rings. The molecule has 3 heterocycles. The predicted octanol–water partition coefficient (Wildman–Crippen LogP) is -1.26. The van der Waals surface area contributed by atoms with Crippen molar-refractivity contribution >= 4 is 16.4 Å². The number of urea groups is 1. The van der Waals surface area contributed by atoms with Crippen molar-refractivity contribution in [3.8, 4) is 0 Å². The Morgan fingerprint density at radius 1 is 1.43 bits per heavy atom. The summed E-state index contributed by atoms with van der Waals surface area (Å²) >= 11 is 0. The van der Waals surface area contributed by atoms with Gasteiger partial charge in [0.05, 0.1) is 6.04 Å². The molecular weight excluding hydrogens is 334 g/mol. The van der Waals surface area contributed by atoms with Gasteiger partial charge in [-0.3, -0.25) is 4.55 Å². The summed E-state index contributed by atoms with van der Waals surface area (Å²) in [5.74, 6) is 0.0651. The lowest BCUT2D eigenvalue weighted by molar-refractivity contribution is -0.0317. The van der Waals surface area contributed by atoms with Crippen LogP contribution in [-0.4, -0.2) is 63.4 Å². The molecule has 0 aromatic carbocycles. The van der Waals surface area contributed by atoms with E-state index in [2.05, 4.69) is 14.5 Å². The standard InChI is InChI=1S/C10H15N5O7S/c11-3-7(16)9-13-12-8(21-9)6-2-1-5-4-14(6)10(17)15(5)22-23(18,19)20/h5-7,16H,1-4,11H2,(H,18,19,20)/t5-,6-,7?/m0/s1. The highest BCUT2D eigenvalue weighted by Gasteiger charge is 2.49. The molecule has 128 valence electrons. The average Bonchev–Trinajstić information content (AvgIpc) is 3.06. The summed E-state index contributed by atoms with van der Waals surface area (Å²) in [6.45, 7) is 0.100. The molecule has 0 spiro atoms. The Balaban J connectivity index is 1.80. The minimum absolute atomic E-state index is 0.0534. The Hall–Kier alpha value is -1.80. The normalized spacial score (nSPS) is 26.0. The van der Waals surface area contributed by atoms with E-state index in [-0.39, 0.29) is 24.9 Å². The van der Waals surface area contributed by atoms with Crippen molar-refractivity contribution in [3.05, 3.63) is 11.8 Å². The summed E-state index contributed by atoms with van der Waals surface area (Å²) in [7, 11) is -4.79. The fourth-order valence-electron chi connectivity index (χ4n) is 2.70. The van der Waals surface area contributed by atoms with Crippen LogP contribution in [0.4, 0.5) is 4.79 Å². The van der Waals surface area contributed by atoms with Crippen molar-refractivity contribution in [2.45, 2.75) is 31.0 Å². The molecule has 23 heavy (non-hydrogen) atoms. The first-order valence-corrected chi connectivity index (χ1v) is 8.15. The molecule has 0 aliphatic carbocycles. The van der Waals surface area contributed by atoms with Gasteiger partial charge in [0.1, 0.15) is 12.1 Å². The van der Waals surface area contributed by atoms with Crippen LogP contribution in [0, 0.1) is 0 Å². The number of aromatic nitrogens is 2. The Morgan fingerprint density at radius 2 is 2.17 bits per heavy atom. The zero-order valence-electron chi connectivity index (χ0n) is 11.8. The Morgan fingerprint density at radius 3 is 2.83 bits per heavy atom. The van der Waals surface area contributed by atoms with E-state index >= 15 is 0 Å². The monoisotopic (exact) mass is 349 g/mol. The number of piperidine rings is 1. The highest BCUT2D eigenvalue weighted by Crippen LogP contribution is 2.38. The van der Waals surface area contributed by atoms with Crippen LogP contribution in [0.5, 0.6) is 0 Å². The lowest BCUT2D eigenvalue weighted by Crippen LogP contribution is -2.35. The third-order valence-electron chi connectivity index (χ3n) is 3.75. The van der Waals surface area contributed by atoms with Crippen molar-refractivity contribution in [1.82, 2.24) is 20.2 Å². The van der Waals surface area contributed by atoms with Gasteiger partial charge >= 0.3 is 16.4 Å². The molecule has 0 radical (unpaired) electrons. The van der Waals surface area contributed by atoms with Gasteiger partial charge in [0.2, 0.25) is 11.8 Å². The van der Waals surface area contributed by atoms with E-state index < -0.39 is 34.6 Å². The number of hydroxylamine groups is 2. The molecule has 2 aliphatic heterocycles. The van der Waals surface area contributed by atoms with E-state index in [1.807, 2.05) is 0 Å². The van der Waals surface area contributed by atoms with Crippen LogP contribution in [0.15, 0.2) is 4.42 Å². The van der Waals surface area contributed by atoms with Crippen molar-refractivity contribution in [2.75, 3.05) is 13.1 Å². The second-order valence-electron chi connectivity index (χ2n) is 5.24. The molecule has 4 N–H and O–H groups in total. The molecule has 13 heteroatoms. The number of nitrogens with zero attached hydrogens (tertiary/aromatic N) is 4. The van der Waals surface area contributed by atoms with Gasteiger partial charge in [0, 0.05) is 13.1 Å². The van der Waals surface area contributed by atoms with Crippen LogP contribution in [-0.2, 0) is 14.7 Å². The molecule has 0 saturated carbocycles. The molecule has 1 unspecified atom stereocenters. The molecule has 2 aliphatic rings. The molecule has 2 amide bonds. The first-order chi connectivity index (χ1) is 10.8. The number of rotatable bonds is 5. The van der Waals surface area contributed by atoms with Crippen molar-refractivity contribution in [1.29, 1.82) is 0 Å². The van der Waals surface area contributed by atoms with Crippen molar-refractivity contribution in [3.63, 3.8) is 0 Å². The molecule has 3 rings (SSSR count). The van der Waals surface area contributed by atoms with Crippen LogP contribution in [0.25, 0.3) is 0 Å². The first kappa shape index (κ1) is 16.1. The van der Waals surface area contributed by atoms with E-state index in [0.29, 0.717) is 17.9 Å². The lowest BCUT2D eigenvalue weighted by atomic mass is 10.0. The highest BCUT2D eigenvalue weighted by atomic mass is 32.3. The average molecular weight is 349 g/mol. The summed E-state index contributed by atoms with van der Waals surface area (Å²) < 4.78 is 40.1. The topological polar surface area (TPSA) is 172 Å². The predicted molar refractivity (Wildman–Crippen MR) is 70.6 cm³/mol. The van der Waals surface area contributed by atoms with E-state index in [9.17, 15) is 18.3 Å². The smallest absolute Gasteiger partial charge is 0.418 e. The molecule has 12 nitrogen and oxygen atoms in total. The molecule has 2 fully saturated rings. The van der Waals surface area contributed by atoms with Crippen LogP contribution < -0.4 is 5.73 Å². The van der Waals surface area contributed by atoms with E-state index in [0.717, 1.165) is 0 Å². The Bertz CT molecular complexity index is 706. The maximum atomic E-state index is 12.2. The van der Waals surface area contributed by atoms with Crippen molar-refractivity contribution < 1.29 is 31.6 Å². The Labute approximate surface area is 130 Å². The molecular formula is C10H15N5O7S. The number of hydrogen-bond donors (Lipinski definition) is 3. The second kappa shape index (κ2) is 5.68. The number of carbonyl (C=O) groups is 1. The number of nitrogens with two attached hydrogens (primary N) is 1. The molecule has 3 atom stereocenters. The van der Waals surface area contributed by atoms with Crippen LogP contribution in [0.3, 0.4) is 0 Å². The van der Waals surface area contributed by atoms with Crippen LogP contribution in [0.2, 0.25) is 0 Å². The summed E-state index contributed by atoms with van der Waals surface area (Å²) in [6, 6.07) is -1.80. The first-order valence-electron chi connectivity index (χ1n) is 6.78. The maximum Gasteiger partial charge on any atom is 0.418 e. The lowest BCUT2D eigenvalue weighted by Gasteiger charge is -2.27. The summed E-state index contributed by atoms with van der Waals surface area (Å²) in [6.07, 6.45) is -0.247. The van der Waals surface area contributed by atoms with E-state index in [4.69, 9.17) is 14.7 Å². The largest absolute Gasteiger partial charge is 0.420 e. The van der Waals surface area contributed by atoms with Crippen LogP contribution in [0.1, 0.15) is 36.8 Å². The second-order valence-corrected chi connectivity index (χ2v) is 6.24. The highest BCUT2D eigenvalue weighted by molar-refractivity contribution is 7.80. The third-order valence-corrected chi connectivity index (χ3v) is 4.10. The number of aliphatic hydroxyl groups excluding tert-OH is 1. The summed E-state index contributed by atoms with van der Waals surface area (Å²) in [5.41, 5.74) is 5.30. The quantitative estimate of drug-likeness (QED) is 0.544. The number of aliphatic hydroxyl groups is 1. The van der Waals surface area contributed by atoms with Gasteiger partial charge in [0.25, 0.3) is 0 Å². The minimum atomic E-state index is -4.79. The molecule has 1 aromatic heterocycles. The maximum absolute atomic E-state index is 12.2. The number of amides is 2. The van der Waals surface area contributed by atoms with E-state index in [1.54, 1.807) is 0 Å². The zero-order valence-corrected chi connectivity index (χ0v) is 12.6. The zero-order chi connectivity index (χ0) is 16.8.